The highest BCUT2D eigenvalue weighted by atomic mass is 32.2. The Bertz CT molecular complexity index is 1020. The molecule has 9 heteroatoms. The van der Waals surface area contributed by atoms with Crippen LogP contribution < -0.4 is 9.62 Å². The molecule has 0 unspecified atom stereocenters. The molecule has 146 valence electrons. The number of nitrogens with one attached hydrogen (secondary N) is 1. The zero-order chi connectivity index (χ0) is 20.9. The van der Waals surface area contributed by atoms with Crippen molar-refractivity contribution in [1.29, 1.82) is 5.26 Å². The molecule has 0 spiro atoms. The first kappa shape index (κ1) is 20.9. The minimum absolute atomic E-state index is 0.168. The van der Waals surface area contributed by atoms with Crippen LogP contribution >= 0.6 is 0 Å². The molecule has 0 aliphatic rings. The van der Waals surface area contributed by atoms with E-state index in [9.17, 15) is 18.0 Å². The lowest BCUT2D eigenvalue weighted by molar-refractivity contribution is -0.114. The van der Waals surface area contributed by atoms with Crippen molar-refractivity contribution in [2.24, 2.45) is 0 Å². The summed E-state index contributed by atoms with van der Waals surface area (Å²) in [5.41, 5.74) is 1.41. The Morgan fingerprint density at radius 1 is 1.11 bits per heavy atom. The summed E-state index contributed by atoms with van der Waals surface area (Å²) in [5.74, 6) is -0.724. The molecule has 0 bridgehead atoms. The zero-order valence-corrected chi connectivity index (χ0v) is 16.5. The second-order valence-electron chi connectivity index (χ2n) is 6.26. The molecule has 8 nitrogen and oxygen atoms in total. The molecule has 0 heterocycles. The lowest BCUT2D eigenvalue weighted by Crippen LogP contribution is -2.37. The third-order valence-electron chi connectivity index (χ3n) is 3.77. The number of hydrogen-bond donors (Lipinski definition) is 1. The van der Waals surface area contributed by atoms with Crippen molar-refractivity contribution in [3.63, 3.8) is 0 Å². The number of carbonyl (C=O) groups excluding carboxylic acids is 2. The molecule has 1 N–H and O–H groups in total. The third kappa shape index (κ3) is 5.31. The first-order valence-corrected chi connectivity index (χ1v) is 10.1. The first-order chi connectivity index (χ1) is 13.1. The summed E-state index contributed by atoms with van der Waals surface area (Å²) in [6.07, 6.45) is 0.987. The van der Waals surface area contributed by atoms with Crippen LogP contribution in [-0.2, 0) is 14.8 Å². The molecule has 0 aliphatic carbocycles. The van der Waals surface area contributed by atoms with Gasteiger partial charge in [-0.1, -0.05) is 6.07 Å². The average Bonchev–Trinajstić information content (AvgIpc) is 2.65. The summed E-state index contributed by atoms with van der Waals surface area (Å²) >= 11 is 0. The van der Waals surface area contributed by atoms with Gasteiger partial charge in [0.15, 0.2) is 0 Å². The Balaban J connectivity index is 2.16. The molecular weight excluding hydrogens is 380 g/mol. The van der Waals surface area contributed by atoms with Crippen LogP contribution in [0.2, 0.25) is 0 Å². The van der Waals surface area contributed by atoms with Gasteiger partial charge in [-0.2, -0.15) is 5.26 Å². The molecule has 28 heavy (non-hydrogen) atoms. The van der Waals surface area contributed by atoms with Gasteiger partial charge in [-0.05, 0) is 42.5 Å². The van der Waals surface area contributed by atoms with E-state index in [4.69, 9.17) is 5.26 Å². The molecular formula is C19H20N4O4S. The van der Waals surface area contributed by atoms with Crippen LogP contribution in [-0.4, -0.2) is 52.0 Å². The number of hydrogen-bond acceptors (Lipinski definition) is 5. The monoisotopic (exact) mass is 400 g/mol. The van der Waals surface area contributed by atoms with Gasteiger partial charge >= 0.3 is 0 Å². The predicted octanol–water partition coefficient (Wildman–Crippen LogP) is 1.66. The molecule has 0 fully saturated rings. The Labute approximate surface area is 164 Å². The largest absolute Gasteiger partial charge is 0.345 e. The minimum atomic E-state index is -3.74. The van der Waals surface area contributed by atoms with Gasteiger partial charge in [0.1, 0.15) is 6.54 Å². The van der Waals surface area contributed by atoms with Crippen molar-refractivity contribution in [2.45, 2.75) is 0 Å². The van der Waals surface area contributed by atoms with Crippen molar-refractivity contribution >= 4 is 33.2 Å². The highest BCUT2D eigenvalue weighted by Gasteiger charge is 2.21. The van der Waals surface area contributed by atoms with E-state index in [-0.39, 0.29) is 17.2 Å². The van der Waals surface area contributed by atoms with Crippen LogP contribution in [0.1, 0.15) is 15.9 Å². The van der Waals surface area contributed by atoms with Gasteiger partial charge in [-0.25, -0.2) is 8.42 Å². The van der Waals surface area contributed by atoms with Crippen LogP contribution in [0.15, 0.2) is 48.5 Å². The summed E-state index contributed by atoms with van der Waals surface area (Å²) in [6.45, 7) is -0.452. The molecule has 0 saturated carbocycles. The molecule has 2 aromatic carbocycles. The maximum Gasteiger partial charge on any atom is 0.253 e. The highest BCUT2D eigenvalue weighted by Crippen LogP contribution is 2.19. The number of amides is 2. The van der Waals surface area contributed by atoms with E-state index >= 15 is 0 Å². The lowest BCUT2D eigenvalue weighted by Gasteiger charge is -2.22. The Morgan fingerprint density at radius 3 is 2.29 bits per heavy atom. The third-order valence-corrected chi connectivity index (χ3v) is 4.91. The summed E-state index contributed by atoms with van der Waals surface area (Å²) in [5, 5.41) is 11.6. The number of nitrogens with zero attached hydrogens (tertiary/aromatic N) is 3. The Kier molecular flexibility index (Phi) is 6.38. The molecule has 0 saturated heterocycles. The van der Waals surface area contributed by atoms with E-state index in [1.807, 2.05) is 6.07 Å². The normalized spacial score (nSPS) is 10.6. The number of sulfonamides is 1. The predicted molar refractivity (Wildman–Crippen MR) is 106 cm³/mol. The van der Waals surface area contributed by atoms with Gasteiger partial charge in [-0.15, -0.1) is 0 Å². The zero-order valence-electron chi connectivity index (χ0n) is 15.7. The fourth-order valence-electron chi connectivity index (χ4n) is 2.42. The van der Waals surface area contributed by atoms with E-state index in [2.05, 4.69) is 5.32 Å². The standard InChI is InChI=1S/C19H20N4O4S/c1-22(2)19(25)15-7-9-16(10-8-15)21-18(24)13-23(28(3,26)27)17-6-4-5-14(11-17)12-20/h4-11H,13H2,1-3H3,(H,21,24). The van der Waals surface area contributed by atoms with E-state index in [0.29, 0.717) is 11.3 Å². The van der Waals surface area contributed by atoms with Crippen LogP contribution in [0.4, 0.5) is 11.4 Å². The quantitative estimate of drug-likeness (QED) is 0.793. The SMILES string of the molecule is CN(C)C(=O)c1ccc(NC(=O)CN(c2cccc(C#N)c2)S(C)(=O)=O)cc1. The molecule has 2 aromatic rings. The Hall–Kier alpha value is -3.38. The summed E-state index contributed by atoms with van der Waals surface area (Å²) in [4.78, 5) is 25.7. The van der Waals surface area contributed by atoms with Gasteiger partial charge in [0.25, 0.3) is 5.91 Å². The van der Waals surface area contributed by atoms with E-state index in [1.54, 1.807) is 50.5 Å². The van der Waals surface area contributed by atoms with Crippen LogP contribution in [0.25, 0.3) is 0 Å². The van der Waals surface area contributed by atoms with E-state index < -0.39 is 22.5 Å². The summed E-state index contributed by atoms with van der Waals surface area (Å²) < 4.78 is 25.2. The number of anilines is 2. The van der Waals surface area contributed by atoms with Crippen molar-refractivity contribution in [3.8, 4) is 6.07 Å². The summed E-state index contributed by atoms with van der Waals surface area (Å²) in [6, 6.07) is 14.2. The van der Waals surface area contributed by atoms with Crippen molar-refractivity contribution in [3.05, 3.63) is 59.7 Å². The summed E-state index contributed by atoms with van der Waals surface area (Å²) in [7, 11) is -0.469. The van der Waals surface area contributed by atoms with Gasteiger partial charge in [-0.3, -0.25) is 13.9 Å². The molecule has 2 rings (SSSR count). The van der Waals surface area contributed by atoms with Crippen LogP contribution in [0, 0.1) is 11.3 Å². The maximum absolute atomic E-state index is 12.4. The molecule has 0 aromatic heterocycles. The topological polar surface area (TPSA) is 111 Å². The Morgan fingerprint density at radius 2 is 1.75 bits per heavy atom. The molecule has 0 atom stereocenters. The number of nitriles is 1. The van der Waals surface area contributed by atoms with Crippen molar-refractivity contribution in [2.75, 3.05) is 36.5 Å². The van der Waals surface area contributed by atoms with Crippen LogP contribution in [0.5, 0.6) is 0 Å². The van der Waals surface area contributed by atoms with Gasteiger partial charge in [0.2, 0.25) is 15.9 Å². The smallest absolute Gasteiger partial charge is 0.253 e. The fourth-order valence-corrected chi connectivity index (χ4v) is 3.26. The van der Waals surface area contributed by atoms with Crippen molar-refractivity contribution < 1.29 is 18.0 Å². The second-order valence-corrected chi connectivity index (χ2v) is 8.16. The van der Waals surface area contributed by atoms with Crippen molar-refractivity contribution in [1.82, 2.24) is 4.90 Å². The molecule has 0 radical (unpaired) electrons. The average molecular weight is 400 g/mol. The van der Waals surface area contributed by atoms with Gasteiger partial charge < -0.3 is 10.2 Å². The molecule has 0 aliphatic heterocycles. The van der Waals surface area contributed by atoms with Gasteiger partial charge in [0.05, 0.1) is 23.6 Å². The lowest BCUT2D eigenvalue weighted by atomic mass is 10.2. The number of rotatable bonds is 6. The van der Waals surface area contributed by atoms with E-state index in [0.717, 1.165) is 10.6 Å². The molecule has 2 amide bonds. The first-order valence-electron chi connectivity index (χ1n) is 8.21. The highest BCUT2D eigenvalue weighted by molar-refractivity contribution is 7.92. The minimum Gasteiger partial charge on any atom is -0.345 e. The maximum atomic E-state index is 12.4. The van der Waals surface area contributed by atoms with E-state index in [1.165, 1.54) is 17.0 Å². The van der Waals surface area contributed by atoms with Crippen LogP contribution in [0.3, 0.4) is 0 Å². The fraction of sp³-hybridized carbons (Fsp3) is 0.211. The number of benzene rings is 2. The van der Waals surface area contributed by atoms with Gasteiger partial charge in [0, 0.05) is 25.3 Å². The second kappa shape index (κ2) is 8.54. The number of carbonyl (C=O) groups is 2.